The molecular weight excluding hydrogens is 164 g/mol. The summed E-state index contributed by atoms with van der Waals surface area (Å²) >= 11 is 0. The van der Waals surface area contributed by atoms with Crippen LogP contribution in [0.3, 0.4) is 0 Å². The molecule has 0 aliphatic carbocycles. The zero-order valence-electron chi connectivity index (χ0n) is 6.44. The van der Waals surface area contributed by atoms with Crippen LogP contribution in [-0.4, -0.2) is 24.7 Å². The molecule has 0 radical (unpaired) electrons. The summed E-state index contributed by atoms with van der Waals surface area (Å²) in [5.41, 5.74) is 0. The first-order valence-electron chi connectivity index (χ1n) is 3.18. The van der Waals surface area contributed by atoms with Gasteiger partial charge in [0.1, 0.15) is 16.1 Å². The average Bonchev–Trinajstić information content (AvgIpc) is 2.36. The van der Waals surface area contributed by atoms with Gasteiger partial charge in [-0.1, -0.05) is 6.92 Å². The van der Waals surface area contributed by atoms with Gasteiger partial charge in [-0.3, -0.25) is 0 Å². The molecule has 0 aliphatic heterocycles. The van der Waals surface area contributed by atoms with E-state index < -0.39 is 9.73 Å². The van der Waals surface area contributed by atoms with Crippen LogP contribution in [0.25, 0.3) is 0 Å². The highest BCUT2D eigenvalue weighted by Crippen LogP contribution is 2.05. The Kier molecular flexibility index (Phi) is 1.95. The predicted octanol–water partition coefficient (Wildman–Crippen LogP) is 0.241. The second-order valence-corrected chi connectivity index (χ2v) is 4.48. The van der Waals surface area contributed by atoms with Crippen molar-refractivity contribution in [1.82, 2.24) is 14.8 Å². The van der Waals surface area contributed by atoms with Gasteiger partial charge in [0, 0.05) is 12.8 Å². The van der Waals surface area contributed by atoms with E-state index in [2.05, 4.69) is 10.2 Å². The van der Waals surface area contributed by atoms with Crippen molar-refractivity contribution in [3.05, 3.63) is 6.33 Å². The van der Waals surface area contributed by atoms with Gasteiger partial charge >= 0.3 is 0 Å². The summed E-state index contributed by atoms with van der Waals surface area (Å²) in [7, 11) is -1.02. The van der Waals surface area contributed by atoms with Crippen LogP contribution in [0.1, 0.15) is 6.92 Å². The molecule has 1 atom stereocenters. The molecular formula is C5H10N4OS. The van der Waals surface area contributed by atoms with Crippen molar-refractivity contribution in [2.45, 2.75) is 12.1 Å². The number of nitrogens with zero attached hydrogens (tertiary/aromatic N) is 3. The summed E-state index contributed by atoms with van der Waals surface area (Å²) in [4.78, 5) is 0. The van der Waals surface area contributed by atoms with Crippen molar-refractivity contribution in [1.29, 1.82) is 4.78 Å². The summed E-state index contributed by atoms with van der Waals surface area (Å²) in [5.74, 6) is 0.277. The number of nitrogens with one attached hydrogen (secondary N) is 1. The van der Waals surface area contributed by atoms with Crippen molar-refractivity contribution in [2.24, 2.45) is 7.05 Å². The Balaban J connectivity index is 3.22. The second kappa shape index (κ2) is 2.61. The van der Waals surface area contributed by atoms with E-state index in [0.29, 0.717) is 0 Å². The van der Waals surface area contributed by atoms with Crippen molar-refractivity contribution in [2.75, 3.05) is 5.75 Å². The molecule has 11 heavy (non-hydrogen) atoms. The molecule has 0 saturated carbocycles. The molecule has 1 unspecified atom stereocenters. The number of hydrogen-bond acceptors (Lipinski definition) is 4. The summed E-state index contributed by atoms with van der Waals surface area (Å²) in [6, 6.07) is 0. The SMILES string of the molecule is CCS(=N)(=O)c1nncn1C. The summed E-state index contributed by atoms with van der Waals surface area (Å²) < 4.78 is 20.3. The van der Waals surface area contributed by atoms with Crippen LogP contribution >= 0.6 is 0 Å². The molecule has 6 heteroatoms. The number of aryl methyl sites for hydroxylation is 1. The molecule has 1 aromatic rings. The normalized spacial score (nSPS) is 16.2. The lowest BCUT2D eigenvalue weighted by molar-refractivity contribution is 0.655. The molecule has 0 saturated heterocycles. The molecule has 0 spiro atoms. The zero-order valence-corrected chi connectivity index (χ0v) is 7.26. The predicted molar refractivity (Wildman–Crippen MR) is 40.7 cm³/mol. The van der Waals surface area contributed by atoms with Gasteiger partial charge in [0.15, 0.2) is 0 Å². The van der Waals surface area contributed by atoms with Gasteiger partial charge in [-0.05, 0) is 0 Å². The van der Waals surface area contributed by atoms with Gasteiger partial charge in [-0.15, -0.1) is 10.2 Å². The molecule has 1 aromatic heterocycles. The summed E-state index contributed by atoms with van der Waals surface area (Å²) in [6.07, 6.45) is 1.44. The molecule has 1 rings (SSSR count). The van der Waals surface area contributed by atoms with Gasteiger partial charge in [-0.25, -0.2) is 8.99 Å². The maximum atomic E-state index is 11.4. The monoisotopic (exact) mass is 174 g/mol. The Bertz CT molecular complexity index is 339. The van der Waals surface area contributed by atoms with Crippen LogP contribution in [0.4, 0.5) is 0 Å². The summed E-state index contributed by atoms with van der Waals surface area (Å²) in [5, 5.41) is 7.41. The highest BCUT2D eigenvalue weighted by molar-refractivity contribution is 7.92. The summed E-state index contributed by atoms with van der Waals surface area (Å²) in [6.45, 7) is 1.70. The maximum Gasteiger partial charge on any atom is 0.229 e. The van der Waals surface area contributed by atoms with Crippen molar-refractivity contribution in [3.63, 3.8) is 0 Å². The third-order valence-electron chi connectivity index (χ3n) is 1.37. The quantitative estimate of drug-likeness (QED) is 0.698. The van der Waals surface area contributed by atoms with Gasteiger partial charge in [0.25, 0.3) is 0 Å². The fourth-order valence-corrected chi connectivity index (χ4v) is 1.65. The van der Waals surface area contributed by atoms with E-state index in [4.69, 9.17) is 4.78 Å². The first-order valence-corrected chi connectivity index (χ1v) is 4.91. The average molecular weight is 174 g/mol. The zero-order chi connectivity index (χ0) is 8.48. The van der Waals surface area contributed by atoms with Crippen LogP contribution in [-0.2, 0) is 16.8 Å². The van der Waals surface area contributed by atoms with Gasteiger partial charge < -0.3 is 4.57 Å². The van der Waals surface area contributed by atoms with Crippen LogP contribution in [0.2, 0.25) is 0 Å². The van der Waals surface area contributed by atoms with Crippen LogP contribution < -0.4 is 0 Å². The number of rotatable bonds is 2. The lowest BCUT2D eigenvalue weighted by Gasteiger charge is -2.00. The molecule has 1 N–H and O–H groups in total. The van der Waals surface area contributed by atoms with Crippen LogP contribution in [0, 0.1) is 4.78 Å². The molecule has 62 valence electrons. The topological polar surface area (TPSA) is 71.6 Å². The van der Waals surface area contributed by atoms with Gasteiger partial charge in [-0.2, -0.15) is 0 Å². The van der Waals surface area contributed by atoms with E-state index in [1.807, 2.05) is 0 Å². The van der Waals surface area contributed by atoms with E-state index in [9.17, 15) is 4.21 Å². The molecule has 0 aromatic carbocycles. The van der Waals surface area contributed by atoms with E-state index in [0.717, 1.165) is 0 Å². The first kappa shape index (κ1) is 8.19. The lowest BCUT2D eigenvalue weighted by atomic mass is 11.0. The van der Waals surface area contributed by atoms with E-state index in [1.165, 1.54) is 10.9 Å². The maximum absolute atomic E-state index is 11.4. The Labute approximate surface area is 65.4 Å². The van der Waals surface area contributed by atoms with E-state index >= 15 is 0 Å². The fourth-order valence-electron chi connectivity index (χ4n) is 0.700. The molecule has 0 amide bonds. The minimum absolute atomic E-state index is 0.250. The molecule has 0 aliphatic rings. The van der Waals surface area contributed by atoms with Gasteiger partial charge in [0.05, 0.1) is 0 Å². The molecule has 5 nitrogen and oxygen atoms in total. The molecule has 0 bridgehead atoms. The van der Waals surface area contributed by atoms with E-state index in [1.54, 1.807) is 14.0 Å². The van der Waals surface area contributed by atoms with Gasteiger partial charge in [0.2, 0.25) is 5.16 Å². The Hall–Kier alpha value is -0.910. The van der Waals surface area contributed by atoms with Crippen molar-refractivity contribution in [3.8, 4) is 0 Å². The second-order valence-electron chi connectivity index (χ2n) is 2.19. The minimum atomic E-state index is -2.70. The van der Waals surface area contributed by atoms with Crippen LogP contribution in [0.5, 0.6) is 0 Å². The number of aromatic nitrogens is 3. The van der Waals surface area contributed by atoms with E-state index in [-0.39, 0.29) is 10.9 Å². The third-order valence-corrected chi connectivity index (χ3v) is 3.14. The fraction of sp³-hybridized carbons (Fsp3) is 0.600. The van der Waals surface area contributed by atoms with Crippen molar-refractivity contribution >= 4 is 9.73 Å². The third kappa shape index (κ3) is 1.40. The Morgan fingerprint density at radius 3 is 2.82 bits per heavy atom. The standard InChI is InChI=1S/C5H10N4OS/c1-3-11(6,10)5-8-7-4-9(5)2/h4,6H,3H2,1-2H3. The highest BCUT2D eigenvalue weighted by atomic mass is 32.2. The minimum Gasteiger partial charge on any atom is -0.309 e. The Morgan fingerprint density at radius 1 is 1.82 bits per heavy atom. The largest absolute Gasteiger partial charge is 0.309 e. The molecule has 1 heterocycles. The first-order chi connectivity index (χ1) is 5.08. The van der Waals surface area contributed by atoms with Crippen LogP contribution in [0.15, 0.2) is 11.5 Å². The highest BCUT2D eigenvalue weighted by Gasteiger charge is 2.12. The lowest BCUT2D eigenvalue weighted by Crippen LogP contribution is -2.08. The molecule has 0 fully saturated rings. The number of hydrogen-bond donors (Lipinski definition) is 1. The smallest absolute Gasteiger partial charge is 0.229 e. The van der Waals surface area contributed by atoms with Crippen molar-refractivity contribution < 1.29 is 4.21 Å². The Morgan fingerprint density at radius 2 is 2.45 bits per heavy atom.